The summed E-state index contributed by atoms with van der Waals surface area (Å²) in [5, 5.41) is 8.07. The minimum Gasteiger partial charge on any atom is -0.252 e. The first kappa shape index (κ1) is 8.71. The Bertz CT molecular complexity index is 208. The lowest BCUT2D eigenvalue weighted by molar-refractivity contribution is -0.241. The zero-order valence-corrected chi connectivity index (χ0v) is 7.54. The molecule has 60 valence electrons. The van der Waals surface area contributed by atoms with Crippen molar-refractivity contribution in [1.82, 2.24) is 0 Å². The predicted octanol–water partition coefficient (Wildman–Crippen LogP) is 2.48. The number of benzene rings is 1. The highest BCUT2D eigenvalue weighted by Crippen LogP contribution is 2.10. The van der Waals surface area contributed by atoms with Crippen LogP contribution in [0, 0.1) is 0 Å². The smallest absolute Gasteiger partial charge is 0.0860 e. The standard InChI is InChI=1S/C8H9BrO2/c9-8-3-1-7(2-4-8)5-6-11-10/h1-4,10H,5-6H2. The fourth-order valence-electron chi connectivity index (χ4n) is 0.815. The summed E-state index contributed by atoms with van der Waals surface area (Å²) in [6.45, 7) is 0.349. The summed E-state index contributed by atoms with van der Waals surface area (Å²) in [6.07, 6.45) is 0.740. The predicted molar refractivity (Wildman–Crippen MR) is 46.4 cm³/mol. The first-order chi connectivity index (χ1) is 5.33. The Labute approximate surface area is 73.9 Å². The van der Waals surface area contributed by atoms with E-state index in [1.807, 2.05) is 24.3 Å². The monoisotopic (exact) mass is 216 g/mol. The van der Waals surface area contributed by atoms with E-state index in [0.29, 0.717) is 6.61 Å². The Morgan fingerprint density at radius 1 is 1.27 bits per heavy atom. The lowest BCUT2D eigenvalue weighted by atomic mass is 10.2. The topological polar surface area (TPSA) is 29.5 Å². The molecule has 1 rings (SSSR count). The van der Waals surface area contributed by atoms with Gasteiger partial charge in [0.15, 0.2) is 0 Å². The van der Waals surface area contributed by atoms with E-state index >= 15 is 0 Å². The van der Waals surface area contributed by atoms with Crippen LogP contribution in [0.25, 0.3) is 0 Å². The van der Waals surface area contributed by atoms with E-state index in [9.17, 15) is 0 Å². The van der Waals surface area contributed by atoms with Crippen LogP contribution < -0.4 is 0 Å². The van der Waals surface area contributed by atoms with Gasteiger partial charge in [-0.25, -0.2) is 4.89 Å². The molecule has 0 heterocycles. The lowest BCUT2D eigenvalue weighted by Gasteiger charge is -1.97. The average molecular weight is 217 g/mol. The molecule has 0 aromatic heterocycles. The third kappa shape index (κ3) is 3.01. The summed E-state index contributed by atoms with van der Waals surface area (Å²) in [5.74, 6) is 0. The third-order valence-electron chi connectivity index (χ3n) is 1.40. The number of rotatable bonds is 3. The van der Waals surface area contributed by atoms with Gasteiger partial charge in [0.2, 0.25) is 0 Å². The van der Waals surface area contributed by atoms with E-state index in [-0.39, 0.29) is 0 Å². The van der Waals surface area contributed by atoms with Crippen molar-refractivity contribution in [2.24, 2.45) is 0 Å². The van der Waals surface area contributed by atoms with Crippen LogP contribution in [0.4, 0.5) is 0 Å². The van der Waals surface area contributed by atoms with Crippen LogP contribution in [0.3, 0.4) is 0 Å². The average Bonchev–Trinajstić information content (AvgIpc) is 2.04. The van der Waals surface area contributed by atoms with Gasteiger partial charge in [-0.3, -0.25) is 5.26 Å². The quantitative estimate of drug-likeness (QED) is 0.622. The van der Waals surface area contributed by atoms with Crippen LogP contribution >= 0.6 is 15.9 Å². The molecule has 0 atom stereocenters. The van der Waals surface area contributed by atoms with Gasteiger partial charge in [-0.15, -0.1) is 0 Å². The highest BCUT2D eigenvalue weighted by molar-refractivity contribution is 9.10. The molecule has 0 radical (unpaired) electrons. The molecule has 0 aliphatic carbocycles. The number of halogens is 1. The molecule has 0 spiro atoms. The minimum absolute atomic E-state index is 0.349. The third-order valence-corrected chi connectivity index (χ3v) is 1.92. The molecule has 0 amide bonds. The van der Waals surface area contributed by atoms with E-state index in [4.69, 9.17) is 5.26 Å². The molecular weight excluding hydrogens is 208 g/mol. The molecule has 0 bridgehead atoms. The largest absolute Gasteiger partial charge is 0.252 e. The van der Waals surface area contributed by atoms with Crippen LogP contribution in [0.5, 0.6) is 0 Å². The molecule has 0 saturated heterocycles. The zero-order valence-electron chi connectivity index (χ0n) is 5.96. The second kappa shape index (κ2) is 4.49. The van der Waals surface area contributed by atoms with Gasteiger partial charge < -0.3 is 0 Å². The number of hydrogen-bond acceptors (Lipinski definition) is 2. The maximum absolute atomic E-state index is 8.07. The molecule has 0 saturated carbocycles. The van der Waals surface area contributed by atoms with Gasteiger partial charge >= 0.3 is 0 Å². The normalized spacial score (nSPS) is 10.0. The fraction of sp³-hybridized carbons (Fsp3) is 0.250. The van der Waals surface area contributed by atoms with Crippen molar-refractivity contribution < 1.29 is 10.1 Å². The van der Waals surface area contributed by atoms with Gasteiger partial charge in [0.25, 0.3) is 0 Å². The second-order valence-corrected chi connectivity index (χ2v) is 3.13. The van der Waals surface area contributed by atoms with Gasteiger partial charge in [0, 0.05) is 4.47 Å². The van der Waals surface area contributed by atoms with E-state index in [1.54, 1.807) is 0 Å². The molecule has 0 aliphatic heterocycles. The van der Waals surface area contributed by atoms with E-state index in [1.165, 1.54) is 0 Å². The SMILES string of the molecule is OOCCc1ccc(Br)cc1. The first-order valence-electron chi connectivity index (χ1n) is 3.34. The summed E-state index contributed by atoms with van der Waals surface area (Å²) in [6, 6.07) is 7.91. The Balaban J connectivity index is 2.52. The maximum Gasteiger partial charge on any atom is 0.0860 e. The molecule has 0 aliphatic rings. The van der Waals surface area contributed by atoms with Crippen LogP contribution in [0.15, 0.2) is 28.7 Å². The Morgan fingerprint density at radius 2 is 1.91 bits per heavy atom. The van der Waals surface area contributed by atoms with Crippen molar-refractivity contribution in [3.05, 3.63) is 34.3 Å². The Hall–Kier alpha value is -0.380. The van der Waals surface area contributed by atoms with Crippen LogP contribution in [0.2, 0.25) is 0 Å². The van der Waals surface area contributed by atoms with Crippen molar-refractivity contribution in [3.63, 3.8) is 0 Å². The second-order valence-electron chi connectivity index (χ2n) is 2.21. The molecule has 0 unspecified atom stereocenters. The van der Waals surface area contributed by atoms with Crippen molar-refractivity contribution in [2.45, 2.75) is 6.42 Å². The van der Waals surface area contributed by atoms with E-state index in [0.717, 1.165) is 16.5 Å². The van der Waals surface area contributed by atoms with E-state index < -0.39 is 0 Å². The van der Waals surface area contributed by atoms with Crippen molar-refractivity contribution in [3.8, 4) is 0 Å². The molecule has 1 aromatic rings. The zero-order chi connectivity index (χ0) is 8.10. The van der Waals surface area contributed by atoms with Crippen LogP contribution in [0.1, 0.15) is 5.56 Å². The van der Waals surface area contributed by atoms with Crippen LogP contribution in [-0.4, -0.2) is 11.9 Å². The lowest BCUT2D eigenvalue weighted by Crippen LogP contribution is -1.93. The molecule has 1 aromatic carbocycles. The summed E-state index contributed by atoms with van der Waals surface area (Å²) in [7, 11) is 0. The van der Waals surface area contributed by atoms with E-state index in [2.05, 4.69) is 20.8 Å². The molecule has 3 heteroatoms. The summed E-state index contributed by atoms with van der Waals surface area (Å²) in [5.41, 5.74) is 1.15. The van der Waals surface area contributed by atoms with Gasteiger partial charge in [0.1, 0.15) is 0 Å². The fourth-order valence-corrected chi connectivity index (χ4v) is 1.08. The molecule has 1 N–H and O–H groups in total. The molecule has 2 nitrogen and oxygen atoms in total. The van der Waals surface area contributed by atoms with Crippen molar-refractivity contribution >= 4 is 15.9 Å². The van der Waals surface area contributed by atoms with Crippen molar-refractivity contribution in [1.29, 1.82) is 0 Å². The summed E-state index contributed by atoms with van der Waals surface area (Å²) >= 11 is 3.33. The summed E-state index contributed by atoms with van der Waals surface area (Å²) in [4.78, 5) is 3.96. The van der Waals surface area contributed by atoms with Gasteiger partial charge in [-0.2, -0.15) is 0 Å². The Kier molecular flexibility index (Phi) is 3.56. The molecule has 11 heavy (non-hydrogen) atoms. The van der Waals surface area contributed by atoms with Gasteiger partial charge in [-0.1, -0.05) is 28.1 Å². The molecular formula is C8H9BrO2. The summed E-state index contributed by atoms with van der Waals surface area (Å²) < 4.78 is 1.06. The minimum atomic E-state index is 0.349. The van der Waals surface area contributed by atoms with Gasteiger partial charge in [0.05, 0.1) is 6.61 Å². The van der Waals surface area contributed by atoms with Gasteiger partial charge in [-0.05, 0) is 24.1 Å². The maximum atomic E-state index is 8.07. The van der Waals surface area contributed by atoms with Crippen molar-refractivity contribution in [2.75, 3.05) is 6.61 Å². The highest BCUT2D eigenvalue weighted by atomic mass is 79.9. The highest BCUT2D eigenvalue weighted by Gasteiger charge is 1.91. The Morgan fingerprint density at radius 3 is 2.45 bits per heavy atom. The number of hydrogen-bond donors (Lipinski definition) is 1. The first-order valence-corrected chi connectivity index (χ1v) is 4.13. The molecule has 0 fully saturated rings. The van der Waals surface area contributed by atoms with Crippen LogP contribution in [-0.2, 0) is 11.3 Å².